The Labute approximate surface area is 153 Å². The second-order valence-electron chi connectivity index (χ2n) is 5.60. The number of nitro groups is 1. The van der Waals surface area contributed by atoms with Gasteiger partial charge in [0.1, 0.15) is 12.4 Å². The van der Waals surface area contributed by atoms with Crippen LogP contribution in [0.5, 0.6) is 5.75 Å². The summed E-state index contributed by atoms with van der Waals surface area (Å²) in [4.78, 5) is 14.8. The van der Waals surface area contributed by atoms with Gasteiger partial charge in [-0.05, 0) is 24.1 Å². The first-order chi connectivity index (χ1) is 12.7. The third kappa shape index (κ3) is 6.80. The predicted molar refractivity (Wildman–Crippen MR) is 102 cm³/mol. The van der Waals surface area contributed by atoms with E-state index in [1.54, 1.807) is 12.1 Å². The first-order valence-corrected chi connectivity index (χ1v) is 8.62. The van der Waals surface area contributed by atoms with Crippen LogP contribution in [-0.2, 0) is 6.54 Å². The van der Waals surface area contributed by atoms with Crippen molar-refractivity contribution in [3.05, 3.63) is 70.3 Å². The zero-order valence-electron chi connectivity index (χ0n) is 14.9. The number of hydrogen-bond donors (Lipinski definition) is 2. The summed E-state index contributed by atoms with van der Waals surface area (Å²) < 4.78 is 5.65. The van der Waals surface area contributed by atoms with Gasteiger partial charge >= 0.3 is 0 Å². The number of ether oxygens (including phenoxy) is 1. The number of rotatable bonds is 9. The summed E-state index contributed by atoms with van der Waals surface area (Å²) >= 11 is 0. The van der Waals surface area contributed by atoms with E-state index in [1.807, 2.05) is 30.3 Å². The van der Waals surface area contributed by atoms with Crippen molar-refractivity contribution in [3.8, 4) is 5.75 Å². The Morgan fingerprint density at radius 2 is 1.77 bits per heavy atom. The Bertz CT molecular complexity index is 702. The van der Waals surface area contributed by atoms with Crippen LogP contribution in [0.2, 0.25) is 0 Å². The van der Waals surface area contributed by atoms with Crippen LogP contribution in [0.25, 0.3) is 0 Å². The second kappa shape index (κ2) is 10.7. The number of nitrogens with zero attached hydrogens (tertiary/aromatic N) is 2. The number of nitrogens with one attached hydrogen (secondary N) is 2. The van der Waals surface area contributed by atoms with Crippen LogP contribution in [0.1, 0.15) is 18.9 Å². The Kier molecular flexibility index (Phi) is 7.92. The van der Waals surface area contributed by atoms with E-state index in [4.69, 9.17) is 4.74 Å². The smallest absolute Gasteiger partial charge is 0.269 e. The van der Waals surface area contributed by atoms with Crippen LogP contribution in [0, 0.1) is 10.1 Å². The van der Waals surface area contributed by atoms with Crippen molar-refractivity contribution in [2.75, 3.05) is 19.7 Å². The van der Waals surface area contributed by atoms with E-state index >= 15 is 0 Å². The van der Waals surface area contributed by atoms with Gasteiger partial charge in [-0.2, -0.15) is 0 Å². The van der Waals surface area contributed by atoms with Crippen molar-refractivity contribution in [1.29, 1.82) is 0 Å². The van der Waals surface area contributed by atoms with E-state index in [-0.39, 0.29) is 5.69 Å². The average molecular weight is 356 g/mol. The van der Waals surface area contributed by atoms with Crippen molar-refractivity contribution in [2.24, 2.45) is 4.99 Å². The molecule has 0 aliphatic heterocycles. The molecule has 0 fully saturated rings. The summed E-state index contributed by atoms with van der Waals surface area (Å²) in [6.45, 7) is 4.47. The zero-order chi connectivity index (χ0) is 18.6. The molecule has 0 radical (unpaired) electrons. The van der Waals surface area contributed by atoms with E-state index in [2.05, 4.69) is 22.5 Å². The lowest BCUT2D eigenvalue weighted by molar-refractivity contribution is -0.384. The van der Waals surface area contributed by atoms with E-state index in [9.17, 15) is 10.1 Å². The van der Waals surface area contributed by atoms with Crippen LogP contribution in [0.4, 0.5) is 5.69 Å². The number of guanidine groups is 1. The van der Waals surface area contributed by atoms with Crippen molar-refractivity contribution < 1.29 is 9.66 Å². The maximum atomic E-state index is 10.7. The molecular weight excluding hydrogens is 332 g/mol. The molecule has 2 aromatic rings. The number of para-hydroxylation sites is 1. The van der Waals surface area contributed by atoms with Gasteiger partial charge in [0, 0.05) is 18.7 Å². The fraction of sp³-hybridized carbons (Fsp3) is 0.316. The Hall–Kier alpha value is -3.09. The summed E-state index contributed by atoms with van der Waals surface area (Å²) in [5.41, 5.74) is 0.993. The van der Waals surface area contributed by atoms with Crippen LogP contribution in [-0.4, -0.2) is 30.6 Å². The number of aliphatic imine (C=N–C) groups is 1. The topological polar surface area (TPSA) is 88.8 Å². The molecule has 0 atom stereocenters. The fourth-order valence-corrected chi connectivity index (χ4v) is 2.17. The van der Waals surface area contributed by atoms with Crippen LogP contribution >= 0.6 is 0 Å². The monoisotopic (exact) mass is 356 g/mol. The first kappa shape index (κ1) is 19.2. The van der Waals surface area contributed by atoms with Gasteiger partial charge in [0.15, 0.2) is 5.96 Å². The molecule has 0 amide bonds. The Morgan fingerprint density at radius 1 is 1.08 bits per heavy atom. The van der Waals surface area contributed by atoms with Gasteiger partial charge in [0.25, 0.3) is 5.69 Å². The van der Waals surface area contributed by atoms with Gasteiger partial charge in [0.05, 0.1) is 18.0 Å². The average Bonchev–Trinajstić information content (AvgIpc) is 2.67. The third-order valence-corrected chi connectivity index (χ3v) is 3.52. The van der Waals surface area contributed by atoms with E-state index in [1.165, 1.54) is 12.1 Å². The zero-order valence-corrected chi connectivity index (χ0v) is 14.9. The number of benzene rings is 2. The molecular formula is C19H24N4O3. The standard InChI is InChI=1S/C19H24N4O3/c1-2-12-20-19(21-13-14-26-18-6-4-3-5-7-18)22-15-16-8-10-17(11-9-16)23(24)25/h3-11H,2,12-15H2,1H3,(H2,20,21,22). The molecule has 0 aliphatic rings. The Balaban J connectivity index is 1.84. The lowest BCUT2D eigenvalue weighted by Crippen LogP contribution is -2.39. The van der Waals surface area contributed by atoms with Crippen LogP contribution < -0.4 is 15.4 Å². The summed E-state index contributed by atoms with van der Waals surface area (Å²) in [5, 5.41) is 17.2. The minimum atomic E-state index is -0.407. The largest absolute Gasteiger partial charge is 0.492 e. The van der Waals surface area contributed by atoms with Crippen molar-refractivity contribution in [1.82, 2.24) is 10.6 Å². The highest BCUT2D eigenvalue weighted by Gasteiger charge is 2.04. The first-order valence-electron chi connectivity index (χ1n) is 8.62. The van der Waals surface area contributed by atoms with Crippen LogP contribution in [0.15, 0.2) is 59.6 Å². The molecule has 0 aromatic heterocycles. The summed E-state index contributed by atoms with van der Waals surface area (Å²) in [5.74, 6) is 1.53. The molecule has 2 aromatic carbocycles. The quantitative estimate of drug-likeness (QED) is 0.237. The molecule has 0 spiro atoms. The molecule has 0 unspecified atom stereocenters. The molecule has 2 N–H and O–H groups in total. The molecule has 7 nitrogen and oxygen atoms in total. The van der Waals surface area contributed by atoms with Gasteiger partial charge in [-0.3, -0.25) is 10.1 Å². The van der Waals surface area contributed by atoms with E-state index in [0.29, 0.717) is 25.7 Å². The SMILES string of the molecule is CCCNC(=NCc1ccc([N+](=O)[O-])cc1)NCCOc1ccccc1. The molecule has 0 saturated heterocycles. The highest BCUT2D eigenvalue weighted by Crippen LogP contribution is 2.12. The predicted octanol–water partition coefficient (Wildman–Crippen LogP) is 3.12. The molecule has 7 heteroatoms. The van der Waals surface area contributed by atoms with Gasteiger partial charge in [-0.1, -0.05) is 37.3 Å². The summed E-state index contributed by atoms with van der Waals surface area (Å²) in [7, 11) is 0. The number of hydrogen-bond acceptors (Lipinski definition) is 4. The second-order valence-corrected chi connectivity index (χ2v) is 5.60. The fourth-order valence-electron chi connectivity index (χ4n) is 2.17. The van der Waals surface area contributed by atoms with E-state index in [0.717, 1.165) is 24.3 Å². The van der Waals surface area contributed by atoms with Crippen molar-refractivity contribution >= 4 is 11.6 Å². The highest BCUT2D eigenvalue weighted by atomic mass is 16.6. The molecule has 26 heavy (non-hydrogen) atoms. The molecule has 0 heterocycles. The van der Waals surface area contributed by atoms with Crippen molar-refractivity contribution in [3.63, 3.8) is 0 Å². The normalized spacial score (nSPS) is 11.0. The van der Waals surface area contributed by atoms with Gasteiger partial charge in [-0.25, -0.2) is 4.99 Å². The van der Waals surface area contributed by atoms with Gasteiger partial charge in [-0.15, -0.1) is 0 Å². The third-order valence-electron chi connectivity index (χ3n) is 3.52. The van der Waals surface area contributed by atoms with Crippen molar-refractivity contribution in [2.45, 2.75) is 19.9 Å². The van der Waals surface area contributed by atoms with E-state index < -0.39 is 4.92 Å². The molecule has 2 rings (SSSR count). The number of non-ortho nitro benzene ring substituents is 1. The summed E-state index contributed by atoms with van der Waals surface area (Å²) in [6, 6.07) is 16.1. The maximum absolute atomic E-state index is 10.7. The lowest BCUT2D eigenvalue weighted by atomic mass is 10.2. The maximum Gasteiger partial charge on any atom is 0.269 e. The minimum absolute atomic E-state index is 0.0817. The molecule has 0 aliphatic carbocycles. The van der Waals surface area contributed by atoms with Gasteiger partial charge < -0.3 is 15.4 Å². The highest BCUT2D eigenvalue weighted by molar-refractivity contribution is 5.79. The Morgan fingerprint density at radius 3 is 2.42 bits per heavy atom. The molecule has 138 valence electrons. The van der Waals surface area contributed by atoms with Crippen LogP contribution in [0.3, 0.4) is 0 Å². The lowest BCUT2D eigenvalue weighted by Gasteiger charge is -2.12. The molecule has 0 bridgehead atoms. The summed E-state index contributed by atoms with van der Waals surface area (Å²) in [6.07, 6.45) is 0.985. The number of nitro benzene ring substituents is 1. The van der Waals surface area contributed by atoms with Gasteiger partial charge in [0.2, 0.25) is 0 Å². The minimum Gasteiger partial charge on any atom is -0.492 e. The molecule has 0 saturated carbocycles.